The first kappa shape index (κ1) is 6.08. The summed E-state index contributed by atoms with van der Waals surface area (Å²) >= 11 is 0. The van der Waals surface area contributed by atoms with E-state index in [4.69, 9.17) is 0 Å². The van der Waals surface area contributed by atoms with Crippen molar-refractivity contribution in [3.63, 3.8) is 0 Å². The molecular weight excluding hydrogens is 112 g/mol. The molecule has 1 N–H and O–H groups in total. The van der Waals surface area contributed by atoms with Crippen molar-refractivity contribution in [1.29, 1.82) is 0 Å². The second kappa shape index (κ2) is 2.49. The first-order chi connectivity index (χ1) is 4.29. The summed E-state index contributed by atoms with van der Waals surface area (Å²) in [5.74, 6) is 0. The van der Waals surface area contributed by atoms with Gasteiger partial charge in [-0.3, -0.25) is 5.10 Å². The van der Waals surface area contributed by atoms with Crippen LogP contribution >= 0.6 is 0 Å². The quantitative estimate of drug-likeness (QED) is 0.604. The molecule has 0 radical (unpaired) electrons. The lowest BCUT2D eigenvalue weighted by Crippen LogP contribution is -1.71. The fourth-order valence-corrected chi connectivity index (χ4v) is 0.658. The molecule has 0 aliphatic heterocycles. The molecule has 0 fully saturated rings. The molecule has 0 saturated carbocycles. The van der Waals surface area contributed by atoms with Gasteiger partial charge in [-0.2, -0.15) is 5.10 Å². The fraction of sp³-hybridized carbons (Fsp3) is 0.286. The van der Waals surface area contributed by atoms with E-state index in [2.05, 4.69) is 24.0 Å². The van der Waals surface area contributed by atoms with Gasteiger partial charge in [0, 0.05) is 6.20 Å². The van der Waals surface area contributed by atoms with E-state index in [0.29, 0.717) is 0 Å². The smallest absolute Gasteiger partial charge is 0.0577 e. The third-order valence-electron chi connectivity index (χ3n) is 0.966. The van der Waals surface area contributed by atoms with Gasteiger partial charge in [-0.05, 0) is 26.0 Å². The molecule has 48 valence electrons. The van der Waals surface area contributed by atoms with Crippen LogP contribution in [0.2, 0.25) is 0 Å². The Balaban J connectivity index is 2.80. The van der Waals surface area contributed by atoms with E-state index in [-0.39, 0.29) is 0 Å². The third-order valence-corrected chi connectivity index (χ3v) is 0.966. The first-order valence-electron chi connectivity index (χ1n) is 2.93. The molecule has 1 aromatic rings. The van der Waals surface area contributed by atoms with Crippen molar-refractivity contribution in [3.8, 4) is 0 Å². The molecule has 1 rings (SSSR count). The lowest BCUT2D eigenvalue weighted by Gasteiger charge is -1.84. The molecule has 0 aromatic carbocycles. The average molecular weight is 122 g/mol. The van der Waals surface area contributed by atoms with Gasteiger partial charge in [0.1, 0.15) is 0 Å². The molecule has 2 nitrogen and oxygen atoms in total. The highest BCUT2D eigenvalue weighted by molar-refractivity contribution is 5.46. The van der Waals surface area contributed by atoms with E-state index in [1.165, 1.54) is 5.57 Å². The highest BCUT2D eigenvalue weighted by Gasteiger charge is 1.84. The number of nitrogens with zero attached hydrogens (tertiary/aromatic N) is 1. The largest absolute Gasteiger partial charge is 0.278 e. The van der Waals surface area contributed by atoms with Crippen molar-refractivity contribution in [3.05, 3.63) is 23.5 Å². The summed E-state index contributed by atoms with van der Waals surface area (Å²) in [6.07, 6.45) is 3.79. The van der Waals surface area contributed by atoms with Crippen LogP contribution in [0.5, 0.6) is 0 Å². The Bertz CT molecular complexity index is 193. The van der Waals surface area contributed by atoms with E-state index >= 15 is 0 Å². The Hall–Kier alpha value is -1.05. The summed E-state index contributed by atoms with van der Waals surface area (Å²) < 4.78 is 0. The van der Waals surface area contributed by atoms with Crippen molar-refractivity contribution in [2.45, 2.75) is 13.8 Å². The topological polar surface area (TPSA) is 28.7 Å². The van der Waals surface area contributed by atoms with Gasteiger partial charge in [0.15, 0.2) is 0 Å². The molecule has 0 aliphatic rings. The van der Waals surface area contributed by atoms with Gasteiger partial charge in [-0.1, -0.05) is 5.57 Å². The summed E-state index contributed by atoms with van der Waals surface area (Å²) in [6, 6.07) is 1.94. The van der Waals surface area contributed by atoms with Gasteiger partial charge in [0.25, 0.3) is 0 Å². The lowest BCUT2D eigenvalue weighted by atomic mass is 10.3. The third kappa shape index (κ3) is 1.72. The number of aromatic nitrogens is 2. The predicted octanol–water partition coefficient (Wildman–Crippen LogP) is 1.83. The highest BCUT2D eigenvalue weighted by atomic mass is 15.1. The minimum atomic E-state index is 1.06. The van der Waals surface area contributed by atoms with E-state index in [1.54, 1.807) is 6.20 Å². The Morgan fingerprint density at radius 1 is 1.67 bits per heavy atom. The number of rotatable bonds is 1. The Morgan fingerprint density at radius 3 is 2.89 bits per heavy atom. The maximum absolute atomic E-state index is 3.81. The summed E-state index contributed by atoms with van der Waals surface area (Å²) in [6.45, 7) is 4.11. The van der Waals surface area contributed by atoms with Crippen LogP contribution in [-0.4, -0.2) is 10.2 Å². The van der Waals surface area contributed by atoms with Crippen LogP contribution in [0.25, 0.3) is 6.08 Å². The summed E-state index contributed by atoms with van der Waals surface area (Å²) in [5, 5.41) is 6.65. The minimum Gasteiger partial charge on any atom is -0.278 e. The second-order valence-corrected chi connectivity index (χ2v) is 2.23. The van der Waals surface area contributed by atoms with Gasteiger partial charge >= 0.3 is 0 Å². The molecule has 2 heteroatoms. The first-order valence-corrected chi connectivity index (χ1v) is 2.93. The number of nitrogens with one attached hydrogen (secondary N) is 1. The zero-order valence-corrected chi connectivity index (χ0v) is 5.68. The zero-order chi connectivity index (χ0) is 6.69. The van der Waals surface area contributed by atoms with Crippen molar-refractivity contribution in [2.75, 3.05) is 0 Å². The molecule has 0 amide bonds. The monoisotopic (exact) mass is 122 g/mol. The van der Waals surface area contributed by atoms with Gasteiger partial charge in [0.2, 0.25) is 0 Å². The van der Waals surface area contributed by atoms with Crippen LogP contribution in [0.3, 0.4) is 0 Å². The maximum atomic E-state index is 3.81. The normalized spacial score (nSPS) is 9.11. The van der Waals surface area contributed by atoms with Crippen LogP contribution in [0.15, 0.2) is 17.8 Å². The summed E-state index contributed by atoms with van der Waals surface area (Å²) in [5.41, 5.74) is 2.34. The molecule has 0 saturated heterocycles. The number of hydrogen-bond acceptors (Lipinski definition) is 1. The van der Waals surface area contributed by atoms with E-state index < -0.39 is 0 Å². The highest BCUT2D eigenvalue weighted by Crippen LogP contribution is 1.99. The summed E-state index contributed by atoms with van der Waals surface area (Å²) in [7, 11) is 0. The second-order valence-electron chi connectivity index (χ2n) is 2.23. The number of allylic oxidation sites excluding steroid dienone is 1. The van der Waals surface area contributed by atoms with Crippen molar-refractivity contribution in [2.24, 2.45) is 0 Å². The average Bonchev–Trinajstić information content (AvgIpc) is 2.15. The van der Waals surface area contributed by atoms with Crippen molar-refractivity contribution >= 4 is 6.08 Å². The van der Waals surface area contributed by atoms with Crippen LogP contribution in [0, 0.1) is 0 Å². The molecule has 0 aliphatic carbocycles. The fourth-order valence-electron chi connectivity index (χ4n) is 0.658. The van der Waals surface area contributed by atoms with Crippen LogP contribution < -0.4 is 0 Å². The van der Waals surface area contributed by atoms with Gasteiger partial charge in [-0.25, -0.2) is 0 Å². The SMILES string of the molecule is CC(C)=Cc1ccn[nH]1. The number of hydrogen-bond donors (Lipinski definition) is 1. The van der Waals surface area contributed by atoms with Crippen LogP contribution in [0.4, 0.5) is 0 Å². The Kier molecular flexibility index (Phi) is 1.68. The molecule has 1 heterocycles. The molecule has 0 bridgehead atoms. The molecule has 0 spiro atoms. The minimum absolute atomic E-state index is 1.06. The summed E-state index contributed by atoms with van der Waals surface area (Å²) in [4.78, 5) is 0. The van der Waals surface area contributed by atoms with Crippen LogP contribution in [0.1, 0.15) is 19.5 Å². The molecule has 0 atom stereocenters. The van der Waals surface area contributed by atoms with E-state index in [0.717, 1.165) is 5.69 Å². The van der Waals surface area contributed by atoms with Gasteiger partial charge < -0.3 is 0 Å². The molecule has 0 unspecified atom stereocenters. The molecule has 1 aromatic heterocycles. The van der Waals surface area contributed by atoms with Gasteiger partial charge in [0.05, 0.1) is 5.69 Å². The molecule has 9 heavy (non-hydrogen) atoms. The molecular formula is C7H10N2. The van der Waals surface area contributed by atoms with Crippen LogP contribution in [-0.2, 0) is 0 Å². The van der Waals surface area contributed by atoms with Crippen molar-refractivity contribution in [1.82, 2.24) is 10.2 Å². The van der Waals surface area contributed by atoms with Gasteiger partial charge in [-0.15, -0.1) is 0 Å². The maximum Gasteiger partial charge on any atom is 0.0577 e. The van der Waals surface area contributed by atoms with E-state index in [1.807, 2.05) is 12.1 Å². The van der Waals surface area contributed by atoms with Crippen molar-refractivity contribution < 1.29 is 0 Å². The zero-order valence-electron chi connectivity index (χ0n) is 5.68. The Morgan fingerprint density at radius 2 is 2.44 bits per heavy atom. The lowest BCUT2D eigenvalue weighted by molar-refractivity contribution is 1.08. The standard InChI is InChI=1S/C7H10N2/c1-6(2)5-7-3-4-8-9-7/h3-5H,1-2H3,(H,8,9). The van der Waals surface area contributed by atoms with E-state index in [9.17, 15) is 0 Å². The number of H-pyrrole nitrogens is 1. The Labute approximate surface area is 54.6 Å². The number of aromatic amines is 1. The predicted molar refractivity (Wildman–Crippen MR) is 37.9 cm³/mol.